The Morgan fingerprint density at radius 3 is 2.85 bits per heavy atom. The lowest BCUT2D eigenvalue weighted by atomic mass is 10.00. The number of fused-ring (bicyclic) bond motifs is 1. The van der Waals surface area contributed by atoms with Crippen LogP contribution in [0, 0.1) is 5.92 Å². The summed E-state index contributed by atoms with van der Waals surface area (Å²) in [6.45, 7) is 4.44. The molecule has 134 valence electrons. The van der Waals surface area contributed by atoms with Gasteiger partial charge in [0.2, 0.25) is 0 Å². The van der Waals surface area contributed by atoms with Crippen molar-refractivity contribution in [2.75, 3.05) is 13.1 Å². The van der Waals surface area contributed by atoms with Crippen LogP contribution in [0.4, 0.5) is 0 Å². The number of nitrogens with one attached hydrogen (secondary N) is 1. The van der Waals surface area contributed by atoms with E-state index in [2.05, 4.69) is 11.9 Å². The Labute approximate surface area is 153 Å². The lowest BCUT2D eigenvalue weighted by Gasteiger charge is -2.30. The van der Waals surface area contributed by atoms with Crippen LogP contribution in [-0.2, 0) is 6.61 Å². The number of H-pyrrole nitrogens is 1. The molecule has 1 aromatic heterocycles. The number of hydrogen-bond donors (Lipinski definition) is 1. The maximum atomic E-state index is 12.8. The summed E-state index contributed by atoms with van der Waals surface area (Å²) in [5.74, 6) is 1.48. The van der Waals surface area contributed by atoms with Crippen LogP contribution in [0.1, 0.15) is 35.8 Å². The van der Waals surface area contributed by atoms with Gasteiger partial charge in [0.25, 0.3) is 5.91 Å². The quantitative estimate of drug-likeness (QED) is 0.748. The number of carbonyl (C=O) groups excluding carboxylic acids is 1. The van der Waals surface area contributed by atoms with E-state index in [1.165, 1.54) is 6.42 Å². The van der Waals surface area contributed by atoms with E-state index in [9.17, 15) is 4.79 Å². The highest BCUT2D eigenvalue weighted by molar-refractivity contribution is 5.98. The molecule has 1 aliphatic heterocycles. The van der Waals surface area contributed by atoms with E-state index in [0.717, 1.165) is 41.7 Å². The summed E-state index contributed by atoms with van der Waals surface area (Å²) in [6.07, 6.45) is 2.29. The predicted molar refractivity (Wildman–Crippen MR) is 103 cm³/mol. The first-order chi connectivity index (χ1) is 12.7. The summed E-state index contributed by atoms with van der Waals surface area (Å²) in [6, 6.07) is 18.0. The van der Waals surface area contributed by atoms with E-state index >= 15 is 0 Å². The van der Waals surface area contributed by atoms with Gasteiger partial charge in [-0.05, 0) is 42.5 Å². The lowest BCUT2D eigenvalue weighted by molar-refractivity contribution is 0.0678. The summed E-state index contributed by atoms with van der Waals surface area (Å²) in [4.78, 5) is 18.0. The maximum absolute atomic E-state index is 12.8. The van der Waals surface area contributed by atoms with Gasteiger partial charge in [-0.1, -0.05) is 37.3 Å². The van der Waals surface area contributed by atoms with Crippen LogP contribution in [0.2, 0.25) is 0 Å². The molecule has 4 nitrogen and oxygen atoms in total. The highest BCUT2D eigenvalue weighted by Crippen LogP contribution is 2.24. The van der Waals surface area contributed by atoms with Gasteiger partial charge in [-0.2, -0.15) is 0 Å². The Kier molecular flexibility index (Phi) is 4.65. The molecule has 1 amide bonds. The molecule has 0 saturated carbocycles. The third-order valence-electron chi connectivity index (χ3n) is 5.02. The molecule has 2 heterocycles. The number of amides is 1. The molecule has 4 heteroatoms. The van der Waals surface area contributed by atoms with Gasteiger partial charge in [0.05, 0.1) is 0 Å². The molecule has 2 aromatic carbocycles. The fourth-order valence-electron chi connectivity index (χ4n) is 3.60. The van der Waals surface area contributed by atoms with Gasteiger partial charge >= 0.3 is 0 Å². The van der Waals surface area contributed by atoms with Crippen LogP contribution < -0.4 is 4.74 Å². The van der Waals surface area contributed by atoms with Gasteiger partial charge < -0.3 is 14.6 Å². The van der Waals surface area contributed by atoms with Crippen molar-refractivity contribution in [1.82, 2.24) is 9.88 Å². The number of likely N-dealkylation sites (tertiary alicyclic amines) is 1. The smallest absolute Gasteiger partial charge is 0.270 e. The molecular weight excluding hydrogens is 324 g/mol. The molecule has 0 radical (unpaired) electrons. The fraction of sp³-hybridized carbons (Fsp3) is 0.318. The minimum Gasteiger partial charge on any atom is -0.489 e. The number of hydrogen-bond acceptors (Lipinski definition) is 2. The summed E-state index contributed by atoms with van der Waals surface area (Å²) >= 11 is 0. The SMILES string of the molecule is CC1CCCN(C(=O)c2cc3ccc(OCc4ccccc4)cc3[nH]2)C1. The monoisotopic (exact) mass is 348 g/mol. The summed E-state index contributed by atoms with van der Waals surface area (Å²) in [7, 11) is 0. The number of aromatic amines is 1. The molecule has 26 heavy (non-hydrogen) atoms. The van der Waals surface area contributed by atoms with E-state index in [4.69, 9.17) is 4.74 Å². The molecule has 0 aliphatic carbocycles. The van der Waals surface area contributed by atoms with Crippen molar-refractivity contribution < 1.29 is 9.53 Å². The van der Waals surface area contributed by atoms with Crippen molar-refractivity contribution in [3.63, 3.8) is 0 Å². The van der Waals surface area contributed by atoms with Gasteiger partial charge in [-0.15, -0.1) is 0 Å². The summed E-state index contributed by atoms with van der Waals surface area (Å²) < 4.78 is 5.88. The first-order valence-electron chi connectivity index (χ1n) is 9.28. The van der Waals surface area contributed by atoms with Crippen LogP contribution in [0.15, 0.2) is 54.6 Å². The number of aromatic nitrogens is 1. The largest absolute Gasteiger partial charge is 0.489 e. The first kappa shape index (κ1) is 16.7. The van der Waals surface area contributed by atoms with Gasteiger partial charge in [0.15, 0.2) is 0 Å². The number of piperidine rings is 1. The Morgan fingerprint density at radius 2 is 2.04 bits per heavy atom. The lowest BCUT2D eigenvalue weighted by Crippen LogP contribution is -2.39. The minimum atomic E-state index is 0.0968. The maximum Gasteiger partial charge on any atom is 0.270 e. The van der Waals surface area contributed by atoms with Gasteiger partial charge in [0.1, 0.15) is 18.1 Å². The molecule has 3 aromatic rings. The molecule has 1 atom stereocenters. The zero-order valence-electron chi connectivity index (χ0n) is 15.1. The van der Waals surface area contributed by atoms with Crippen molar-refractivity contribution >= 4 is 16.8 Å². The number of carbonyl (C=O) groups is 1. The number of ether oxygens (including phenoxy) is 1. The van der Waals surface area contributed by atoms with E-state index in [-0.39, 0.29) is 5.91 Å². The van der Waals surface area contributed by atoms with Crippen LogP contribution in [0.5, 0.6) is 5.75 Å². The second kappa shape index (κ2) is 7.24. The van der Waals surface area contributed by atoms with Gasteiger partial charge in [0, 0.05) is 30.1 Å². The molecule has 0 spiro atoms. The van der Waals surface area contributed by atoms with Crippen molar-refractivity contribution in [2.24, 2.45) is 5.92 Å². The Balaban J connectivity index is 1.49. The van der Waals surface area contributed by atoms with Crippen LogP contribution in [0.25, 0.3) is 10.9 Å². The molecule has 1 N–H and O–H groups in total. The van der Waals surface area contributed by atoms with E-state index in [0.29, 0.717) is 18.2 Å². The number of rotatable bonds is 4. The predicted octanol–water partition coefficient (Wildman–Crippen LogP) is 4.62. The van der Waals surface area contributed by atoms with Crippen molar-refractivity contribution in [2.45, 2.75) is 26.4 Å². The number of benzene rings is 2. The second-order valence-corrected chi connectivity index (χ2v) is 7.20. The molecule has 1 aliphatic rings. The van der Waals surface area contributed by atoms with Gasteiger partial charge in [-0.25, -0.2) is 0 Å². The Morgan fingerprint density at radius 1 is 1.19 bits per heavy atom. The highest BCUT2D eigenvalue weighted by atomic mass is 16.5. The van der Waals surface area contributed by atoms with Gasteiger partial charge in [-0.3, -0.25) is 4.79 Å². The van der Waals surface area contributed by atoms with Crippen molar-refractivity contribution in [1.29, 1.82) is 0 Å². The highest BCUT2D eigenvalue weighted by Gasteiger charge is 2.23. The van der Waals surface area contributed by atoms with E-state index < -0.39 is 0 Å². The van der Waals surface area contributed by atoms with Crippen LogP contribution in [-0.4, -0.2) is 28.9 Å². The fourth-order valence-corrected chi connectivity index (χ4v) is 3.60. The second-order valence-electron chi connectivity index (χ2n) is 7.20. The van der Waals surface area contributed by atoms with Crippen molar-refractivity contribution in [3.8, 4) is 5.75 Å². The van der Waals surface area contributed by atoms with E-state index in [1.807, 2.05) is 59.5 Å². The molecule has 0 bridgehead atoms. The molecule has 1 saturated heterocycles. The third kappa shape index (κ3) is 3.59. The Bertz CT molecular complexity index is 901. The molecular formula is C22H24N2O2. The summed E-state index contributed by atoms with van der Waals surface area (Å²) in [5, 5.41) is 1.03. The topological polar surface area (TPSA) is 45.3 Å². The minimum absolute atomic E-state index is 0.0968. The Hall–Kier alpha value is -2.75. The van der Waals surface area contributed by atoms with Crippen LogP contribution in [0.3, 0.4) is 0 Å². The van der Waals surface area contributed by atoms with Crippen molar-refractivity contribution in [3.05, 3.63) is 65.9 Å². The molecule has 4 rings (SSSR count). The molecule has 1 unspecified atom stereocenters. The average molecular weight is 348 g/mol. The zero-order chi connectivity index (χ0) is 17.9. The third-order valence-corrected chi connectivity index (χ3v) is 5.02. The van der Waals surface area contributed by atoms with Crippen LogP contribution >= 0.6 is 0 Å². The standard InChI is InChI=1S/C22H24N2O2/c1-16-6-5-11-24(14-16)22(25)21-12-18-9-10-19(13-20(18)23-21)26-15-17-7-3-2-4-8-17/h2-4,7-10,12-13,16,23H,5-6,11,14-15H2,1H3. The summed E-state index contributed by atoms with van der Waals surface area (Å²) in [5.41, 5.74) is 2.73. The average Bonchev–Trinajstić information content (AvgIpc) is 3.10. The molecule has 1 fully saturated rings. The number of nitrogens with zero attached hydrogens (tertiary/aromatic N) is 1. The van der Waals surface area contributed by atoms with E-state index in [1.54, 1.807) is 0 Å². The first-order valence-corrected chi connectivity index (χ1v) is 9.28. The zero-order valence-corrected chi connectivity index (χ0v) is 15.1. The normalized spacial score (nSPS) is 17.4.